The summed E-state index contributed by atoms with van der Waals surface area (Å²) in [5.74, 6) is -0.101. The van der Waals surface area contributed by atoms with E-state index in [1.54, 1.807) is 19.2 Å². The Morgan fingerprint density at radius 2 is 2.08 bits per heavy atom. The average Bonchev–Trinajstić information content (AvgIpc) is 3.03. The fraction of sp³-hybridized carbons (Fsp3) is 0.222. The first-order valence-electron chi connectivity index (χ1n) is 7.60. The van der Waals surface area contributed by atoms with Gasteiger partial charge in [0, 0.05) is 17.5 Å². The molecule has 0 spiro atoms. The number of likely N-dealkylation sites (N-methyl/N-ethyl adjacent to an activating group) is 1. The topological polar surface area (TPSA) is 55.8 Å². The van der Waals surface area contributed by atoms with Crippen molar-refractivity contribution in [1.29, 1.82) is 0 Å². The number of halogens is 1. The first-order valence-corrected chi connectivity index (χ1v) is 8.80. The molecule has 0 unspecified atom stereocenters. The van der Waals surface area contributed by atoms with Gasteiger partial charge >= 0.3 is 5.97 Å². The lowest BCUT2D eigenvalue weighted by molar-refractivity contribution is -0.148. The summed E-state index contributed by atoms with van der Waals surface area (Å²) in [5, 5.41) is 0. The number of hydrogen-bond donors (Lipinski definition) is 0. The van der Waals surface area contributed by atoms with Gasteiger partial charge in [-0.2, -0.15) is 0 Å². The molecule has 1 aromatic heterocycles. The maximum Gasteiger partial charge on any atom is 0.338 e. The van der Waals surface area contributed by atoms with E-state index < -0.39 is 5.97 Å². The smallest absolute Gasteiger partial charge is 0.338 e. The third-order valence-corrected chi connectivity index (χ3v) is 4.88. The molecule has 1 aromatic carbocycles. The van der Waals surface area contributed by atoms with E-state index in [1.807, 2.05) is 30.3 Å². The van der Waals surface area contributed by atoms with E-state index in [0.717, 1.165) is 16.2 Å². The third-order valence-electron chi connectivity index (χ3n) is 3.67. The summed E-state index contributed by atoms with van der Waals surface area (Å²) in [7, 11) is 1.66. The molecule has 1 aliphatic heterocycles. The van der Waals surface area contributed by atoms with Crippen LogP contribution in [0.5, 0.6) is 5.75 Å². The molecule has 0 radical (unpaired) electrons. The number of esters is 1. The number of carbonyl (C=O) groups is 2. The van der Waals surface area contributed by atoms with Crippen LogP contribution in [0.25, 0.3) is 6.08 Å². The molecule has 1 amide bonds. The van der Waals surface area contributed by atoms with Gasteiger partial charge in [-0.15, -0.1) is 11.3 Å². The van der Waals surface area contributed by atoms with Gasteiger partial charge in [0.25, 0.3) is 5.91 Å². The Labute approximate surface area is 154 Å². The number of para-hydroxylation sites is 1. The van der Waals surface area contributed by atoms with Crippen molar-refractivity contribution in [2.24, 2.45) is 0 Å². The lowest BCUT2D eigenvalue weighted by Gasteiger charge is -2.18. The van der Waals surface area contributed by atoms with Gasteiger partial charge < -0.3 is 14.4 Å². The summed E-state index contributed by atoms with van der Waals surface area (Å²) in [6, 6.07) is 11.1. The van der Waals surface area contributed by atoms with Gasteiger partial charge in [-0.25, -0.2) is 4.79 Å². The average molecular weight is 378 g/mol. The van der Waals surface area contributed by atoms with Crippen molar-refractivity contribution < 1.29 is 19.1 Å². The highest BCUT2D eigenvalue weighted by Gasteiger charge is 2.20. The minimum atomic E-state index is -0.546. The van der Waals surface area contributed by atoms with E-state index in [1.165, 1.54) is 16.2 Å². The summed E-state index contributed by atoms with van der Waals surface area (Å²) >= 11 is 7.29. The van der Waals surface area contributed by atoms with Gasteiger partial charge in [0.2, 0.25) is 0 Å². The molecule has 0 saturated carbocycles. The van der Waals surface area contributed by atoms with Crippen molar-refractivity contribution >= 4 is 40.9 Å². The Bertz CT molecular complexity index is 830. The number of amides is 1. The van der Waals surface area contributed by atoms with Crippen LogP contribution in [-0.2, 0) is 20.9 Å². The lowest BCUT2D eigenvalue weighted by Crippen LogP contribution is -2.31. The number of rotatable bonds is 5. The van der Waals surface area contributed by atoms with Crippen LogP contribution in [0.3, 0.4) is 0 Å². The van der Waals surface area contributed by atoms with Crippen LogP contribution in [0.2, 0.25) is 4.34 Å². The van der Waals surface area contributed by atoms with Crippen molar-refractivity contribution in [3.05, 3.63) is 56.7 Å². The molecule has 0 bridgehead atoms. The molecule has 7 heteroatoms. The quantitative estimate of drug-likeness (QED) is 0.749. The van der Waals surface area contributed by atoms with Gasteiger partial charge in [0.15, 0.2) is 6.61 Å². The van der Waals surface area contributed by atoms with Crippen LogP contribution in [0, 0.1) is 0 Å². The fourth-order valence-corrected chi connectivity index (χ4v) is 3.46. The van der Waals surface area contributed by atoms with Crippen molar-refractivity contribution in [1.82, 2.24) is 4.90 Å². The van der Waals surface area contributed by atoms with E-state index in [-0.39, 0.29) is 19.1 Å². The number of carbonyl (C=O) groups excluding carboxylic acids is 2. The molecular formula is C18H16ClNO4S. The maximum atomic E-state index is 12.1. The van der Waals surface area contributed by atoms with Crippen LogP contribution in [0.15, 0.2) is 42.0 Å². The molecule has 3 rings (SSSR count). The second kappa shape index (κ2) is 7.72. The maximum absolute atomic E-state index is 12.1. The SMILES string of the molecule is CN(Cc1ccc(Cl)s1)C(=O)COC(=O)C1=Cc2ccccc2OC1. The Hall–Kier alpha value is -2.31. The minimum Gasteiger partial charge on any atom is -0.488 e. The molecule has 5 nitrogen and oxygen atoms in total. The molecule has 0 fully saturated rings. The Kier molecular flexibility index (Phi) is 5.40. The molecule has 0 aliphatic carbocycles. The first-order chi connectivity index (χ1) is 12.0. The number of thiophene rings is 1. The standard InChI is InChI=1S/C18H16ClNO4S/c1-20(9-14-6-7-16(19)25-14)17(21)11-24-18(22)13-8-12-4-2-3-5-15(12)23-10-13/h2-8H,9-11H2,1H3. The first kappa shape index (κ1) is 17.5. The van der Waals surface area contributed by atoms with Gasteiger partial charge in [-0.1, -0.05) is 29.8 Å². The van der Waals surface area contributed by atoms with Crippen molar-refractivity contribution in [3.8, 4) is 5.75 Å². The second-order valence-corrected chi connectivity index (χ2v) is 7.33. The number of fused-ring (bicyclic) bond motifs is 1. The minimum absolute atomic E-state index is 0.133. The van der Waals surface area contributed by atoms with E-state index in [0.29, 0.717) is 16.5 Å². The molecule has 0 N–H and O–H groups in total. The summed E-state index contributed by atoms with van der Waals surface area (Å²) in [5.41, 5.74) is 1.21. The van der Waals surface area contributed by atoms with Crippen molar-refractivity contribution in [3.63, 3.8) is 0 Å². The lowest BCUT2D eigenvalue weighted by atomic mass is 10.1. The summed E-state index contributed by atoms with van der Waals surface area (Å²) in [6.45, 7) is 0.244. The van der Waals surface area contributed by atoms with Crippen LogP contribution >= 0.6 is 22.9 Å². The van der Waals surface area contributed by atoms with Crippen molar-refractivity contribution in [2.45, 2.75) is 6.54 Å². The van der Waals surface area contributed by atoms with Crippen LogP contribution in [0.4, 0.5) is 0 Å². The largest absolute Gasteiger partial charge is 0.488 e. The van der Waals surface area contributed by atoms with E-state index in [9.17, 15) is 9.59 Å². The predicted molar refractivity (Wildman–Crippen MR) is 96.7 cm³/mol. The summed E-state index contributed by atoms with van der Waals surface area (Å²) in [4.78, 5) is 26.7. The molecule has 1 aliphatic rings. The molecular weight excluding hydrogens is 362 g/mol. The highest BCUT2D eigenvalue weighted by molar-refractivity contribution is 7.16. The van der Waals surface area contributed by atoms with E-state index in [2.05, 4.69) is 0 Å². The Morgan fingerprint density at radius 3 is 2.84 bits per heavy atom. The van der Waals surface area contributed by atoms with E-state index >= 15 is 0 Å². The van der Waals surface area contributed by atoms with Crippen LogP contribution in [-0.4, -0.2) is 37.0 Å². The normalized spacial score (nSPS) is 12.6. The Morgan fingerprint density at radius 1 is 1.28 bits per heavy atom. The molecule has 0 saturated heterocycles. The van der Waals surface area contributed by atoms with Gasteiger partial charge in [0.05, 0.1) is 16.5 Å². The summed E-state index contributed by atoms with van der Waals surface area (Å²) < 4.78 is 11.3. The highest BCUT2D eigenvalue weighted by Crippen LogP contribution is 2.26. The zero-order valence-electron chi connectivity index (χ0n) is 13.5. The van der Waals surface area contributed by atoms with Gasteiger partial charge in [0.1, 0.15) is 12.4 Å². The number of nitrogens with zero attached hydrogens (tertiary/aromatic N) is 1. The number of ether oxygens (including phenoxy) is 2. The molecule has 0 atom stereocenters. The third kappa shape index (κ3) is 4.41. The fourth-order valence-electron chi connectivity index (χ4n) is 2.32. The molecule has 2 heterocycles. The monoisotopic (exact) mass is 377 g/mol. The summed E-state index contributed by atoms with van der Waals surface area (Å²) in [6.07, 6.45) is 1.73. The van der Waals surface area contributed by atoms with Crippen LogP contribution < -0.4 is 4.74 Å². The zero-order chi connectivity index (χ0) is 17.8. The Balaban J connectivity index is 1.53. The zero-order valence-corrected chi connectivity index (χ0v) is 15.1. The van der Waals surface area contributed by atoms with Gasteiger partial charge in [-0.3, -0.25) is 4.79 Å². The number of benzene rings is 1. The van der Waals surface area contributed by atoms with Crippen molar-refractivity contribution in [2.75, 3.05) is 20.3 Å². The number of hydrogen-bond acceptors (Lipinski definition) is 5. The highest BCUT2D eigenvalue weighted by atomic mass is 35.5. The second-order valence-electron chi connectivity index (χ2n) is 5.53. The van der Waals surface area contributed by atoms with Crippen LogP contribution in [0.1, 0.15) is 10.4 Å². The molecule has 2 aromatic rings. The van der Waals surface area contributed by atoms with Gasteiger partial charge in [-0.05, 0) is 24.3 Å². The molecule has 25 heavy (non-hydrogen) atoms. The molecule has 130 valence electrons. The van der Waals surface area contributed by atoms with E-state index in [4.69, 9.17) is 21.1 Å². The predicted octanol–water partition coefficient (Wildman–Crippen LogP) is 3.38.